The van der Waals surface area contributed by atoms with Gasteiger partial charge in [0.05, 0.1) is 10.9 Å². The maximum Gasteiger partial charge on any atom is 0.208 e. The molecule has 0 spiro atoms. The lowest BCUT2D eigenvalue weighted by atomic mass is 9.85. The van der Waals surface area contributed by atoms with Crippen molar-refractivity contribution in [3.8, 4) is 11.9 Å². The summed E-state index contributed by atoms with van der Waals surface area (Å²) in [6.07, 6.45) is 2.01. The van der Waals surface area contributed by atoms with Crippen molar-refractivity contribution in [3.05, 3.63) is 23.8 Å². The molecule has 1 aromatic carbocycles. The molecule has 2 aliphatic heterocycles. The van der Waals surface area contributed by atoms with E-state index in [1.54, 1.807) is 32.2 Å². The van der Waals surface area contributed by atoms with Crippen LogP contribution in [0.2, 0.25) is 0 Å². The standard InChI is InChI=1S/C16H19N3O4S2/c1-16(2)14(20)13(19-6-7-24-15(19)18-9-17)11-8-10(25(3,21)22)4-5-12(11)23-16/h4-5,8,13-14,20H,6-7H2,1-3H3/t13-,14+/m0/s1. The van der Waals surface area contributed by atoms with Crippen LogP contribution in [0.3, 0.4) is 0 Å². The summed E-state index contributed by atoms with van der Waals surface area (Å²) in [5.41, 5.74) is -0.280. The number of hydrogen-bond donors (Lipinski definition) is 1. The number of ether oxygens (including phenoxy) is 1. The molecule has 25 heavy (non-hydrogen) atoms. The van der Waals surface area contributed by atoms with Crippen molar-refractivity contribution in [1.29, 1.82) is 5.26 Å². The zero-order chi connectivity index (χ0) is 18.4. The summed E-state index contributed by atoms with van der Waals surface area (Å²) in [5.74, 6) is 1.27. The van der Waals surface area contributed by atoms with E-state index in [1.165, 1.54) is 17.8 Å². The molecule has 7 nitrogen and oxygen atoms in total. The summed E-state index contributed by atoms with van der Waals surface area (Å²) in [5, 5.41) is 20.4. The molecule has 2 atom stereocenters. The number of aliphatic hydroxyl groups is 1. The average molecular weight is 381 g/mol. The third-order valence-electron chi connectivity index (χ3n) is 4.40. The second kappa shape index (κ2) is 6.20. The van der Waals surface area contributed by atoms with Crippen molar-refractivity contribution in [3.63, 3.8) is 0 Å². The van der Waals surface area contributed by atoms with Crippen LogP contribution in [0, 0.1) is 11.5 Å². The Kier molecular flexibility index (Phi) is 4.47. The lowest BCUT2D eigenvalue weighted by molar-refractivity contribution is -0.0801. The van der Waals surface area contributed by atoms with Gasteiger partial charge in [-0.15, -0.1) is 4.99 Å². The van der Waals surface area contributed by atoms with Crippen molar-refractivity contribution in [2.24, 2.45) is 4.99 Å². The van der Waals surface area contributed by atoms with Crippen LogP contribution in [-0.2, 0) is 9.84 Å². The van der Waals surface area contributed by atoms with Crippen molar-refractivity contribution in [2.75, 3.05) is 18.6 Å². The Morgan fingerprint density at radius 2 is 2.20 bits per heavy atom. The van der Waals surface area contributed by atoms with Gasteiger partial charge in [-0.25, -0.2) is 8.42 Å². The van der Waals surface area contributed by atoms with Crippen LogP contribution >= 0.6 is 11.8 Å². The number of nitrogens with zero attached hydrogens (tertiary/aromatic N) is 3. The molecule has 1 aromatic rings. The number of thioether (sulfide) groups is 1. The maximum absolute atomic E-state index is 11.9. The van der Waals surface area contributed by atoms with E-state index in [-0.39, 0.29) is 4.90 Å². The quantitative estimate of drug-likeness (QED) is 0.775. The van der Waals surface area contributed by atoms with Gasteiger partial charge in [-0.1, -0.05) is 11.8 Å². The average Bonchev–Trinajstić information content (AvgIpc) is 2.95. The number of hydrogen-bond acceptors (Lipinski definition) is 7. The smallest absolute Gasteiger partial charge is 0.208 e. The third kappa shape index (κ3) is 3.21. The molecule has 0 saturated carbocycles. The summed E-state index contributed by atoms with van der Waals surface area (Å²) in [7, 11) is -3.40. The van der Waals surface area contributed by atoms with Gasteiger partial charge in [0.15, 0.2) is 15.0 Å². The highest BCUT2D eigenvalue weighted by Crippen LogP contribution is 2.45. The van der Waals surface area contributed by atoms with E-state index in [1.807, 2.05) is 4.90 Å². The lowest BCUT2D eigenvalue weighted by Gasteiger charge is -2.45. The monoisotopic (exact) mass is 381 g/mol. The van der Waals surface area contributed by atoms with Crippen LogP contribution in [0.4, 0.5) is 0 Å². The number of aliphatic hydroxyl groups excluding tert-OH is 1. The molecule has 0 amide bonds. The van der Waals surface area contributed by atoms with Gasteiger partial charge >= 0.3 is 0 Å². The Morgan fingerprint density at radius 3 is 2.84 bits per heavy atom. The number of nitriles is 1. The molecule has 0 radical (unpaired) electrons. The third-order valence-corrected chi connectivity index (χ3v) is 6.48. The van der Waals surface area contributed by atoms with Crippen LogP contribution in [0.25, 0.3) is 0 Å². The number of fused-ring (bicyclic) bond motifs is 1. The van der Waals surface area contributed by atoms with E-state index < -0.39 is 27.6 Å². The van der Waals surface area contributed by atoms with Crippen molar-refractivity contribution in [1.82, 2.24) is 4.90 Å². The maximum atomic E-state index is 11.9. The Bertz CT molecular complexity index is 874. The van der Waals surface area contributed by atoms with Gasteiger partial charge in [0.25, 0.3) is 0 Å². The highest BCUT2D eigenvalue weighted by molar-refractivity contribution is 8.14. The largest absolute Gasteiger partial charge is 0.485 e. The molecule has 9 heteroatoms. The first-order valence-electron chi connectivity index (χ1n) is 7.72. The Balaban J connectivity index is 2.17. The molecule has 1 fully saturated rings. The van der Waals surface area contributed by atoms with Crippen molar-refractivity contribution >= 4 is 26.8 Å². The lowest BCUT2D eigenvalue weighted by Crippen LogP contribution is -2.53. The Hall–Kier alpha value is -1.76. The van der Waals surface area contributed by atoms with E-state index in [9.17, 15) is 13.5 Å². The molecule has 2 heterocycles. The predicted molar refractivity (Wildman–Crippen MR) is 95.2 cm³/mol. The molecule has 0 aromatic heterocycles. The molecule has 0 aliphatic carbocycles. The molecular formula is C16H19N3O4S2. The van der Waals surface area contributed by atoms with Crippen LogP contribution in [0.1, 0.15) is 25.5 Å². The molecule has 1 N–H and O–H groups in total. The summed E-state index contributed by atoms with van der Waals surface area (Å²) >= 11 is 1.44. The molecule has 0 bridgehead atoms. The minimum atomic E-state index is -3.40. The predicted octanol–water partition coefficient (Wildman–Crippen LogP) is 1.55. The van der Waals surface area contributed by atoms with Gasteiger partial charge < -0.3 is 14.7 Å². The SMILES string of the molecule is CC1(C)Oc2ccc(S(C)(=O)=O)cc2[C@H](N2CCSC2=NC#N)[C@H]1O. The van der Waals surface area contributed by atoms with Crippen molar-refractivity contribution in [2.45, 2.75) is 36.5 Å². The van der Waals surface area contributed by atoms with Gasteiger partial charge in [0.1, 0.15) is 17.5 Å². The molecule has 2 aliphatic rings. The number of sulfone groups is 1. The van der Waals surface area contributed by atoms with E-state index in [2.05, 4.69) is 4.99 Å². The van der Waals surface area contributed by atoms with Gasteiger partial charge in [-0.05, 0) is 32.0 Å². The van der Waals surface area contributed by atoms with E-state index in [4.69, 9.17) is 10.00 Å². The zero-order valence-electron chi connectivity index (χ0n) is 14.1. The molecule has 0 unspecified atom stereocenters. The minimum Gasteiger partial charge on any atom is -0.485 e. The fourth-order valence-corrected chi connectivity index (χ4v) is 4.73. The number of amidine groups is 1. The fourth-order valence-electron chi connectivity index (χ4n) is 3.12. The van der Waals surface area contributed by atoms with Gasteiger partial charge in [0, 0.05) is 24.1 Å². The van der Waals surface area contributed by atoms with E-state index in [0.717, 1.165) is 12.0 Å². The first-order valence-corrected chi connectivity index (χ1v) is 10.6. The normalized spacial score (nSPS) is 26.8. The Morgan fingerprint density at radius 1 is 1.48 bits per heavy atom. The number of benzene rings is 1. The van der Waals surface area contributed by atoms with E-state index >= 15 is 0 Å². The second-order valence-electron chi connectivity index (χ2n) is 6.60. The molecule has 134 valence electrons. The van der Waals surface area contributed by atoms with Crippen LogP contribution < -0.4 is 4.74 Å². The number of aliphatic imine (C=N–C) groups is 1. The number of rotatable bonds is 2. The first-order chi connectivity index (χ1) is 11.6. The molecule has 3 rings (SSSR count). The van der Waals surface area contributed by atoms with E-state index in [0.29, 0.717) is 23.0 Å². The summed E-state index contributed by atoms with van der Waals surface area (Å²) in [6.45, 7) is 4.16. The fraction of sp³-hybridized carbons (Fsp3) is 0.500. The molecular weight excluding hydrogens is 362 g/mol. The van der Waals surface area contributed by atoms with Gasteiger partial charge in [-0.2, -0.15) is 5.26 Å². The van der Waals surface area contributed by atoms with Crippen LogP contribution in [0.5, 0.6) is 5.75 Å². The second-order valence-corrected chi connectivity index (χ2v) is 9.68. The summed E-state index contributed by atoms with van der Waals surface area (Å²) in [6, 6.07) is 4.13. The van der Waals surface area contributed by atoms with Crippen molar-refractivity contribution < 1.29 is 18.3 Å². The van der Waals surface area contributed by atoms with Gasteiger partial charge in [0.2, 0.25) is 6.19 Å². The highest BCUT2D eigenvalue weighted by atomic mass is 32.2. The topological polar surface area (TPSA) is 103 Å². The zero-order valence-corrected chi connectivity index (χ0v) is 15.8. The summed E-state index contributed by atoms with van der Waals surface area (Å²) < 4.78 is 29.8. The highest BCUT2D eigenvalue weighted by Gasteiger charge is 2.47. The van der Waals surface area contributed by atoms with Crippen LogP contribution in [-0.4, -0.2) is 53.9 Å². The summed E-state index contributed by atoms with van der Waals surface area (Å²) in [4.78, 5) is 5.87. The molecule has 1 saturated heterocycles. The van der Waals surface area contributed by atoms with Gasteiger partial charge in [-0.3, -0.25) is 0 Å². The van der Waals surface area contributed by atoms with Crippen LogP contribution in [0.15, 0.2) is 28.1 Å². The first kappa shape index (κ1) is 18.0. The Labute approximate surface area is 151 Å². The minimum absolute atomic E-state index is 0.164.